The fraction of sp³-hybridized carbons (Fsp3) is 0.417. The molecule has 5 nitrogen and oxygen atoms in total. The van der Waals surface area contributed by atoms with E-state index >= 15 is 0 Å². The van der Waals surface area contributed by atoms with Gasteiger partial charge in [0.05, 0.1) is 11.0 Å². The fourth-order valence-electron chi connectivity index (χ4n) is 4.45. The number of rotatable bonds is 7. The zero-order valence-corrected chi connectivity index (χ0v) is 17.4. The number of aromatic nitrogens is 2. The first-order chi connectivity index (χ1) is 14.1. The van der Waals surface area contributed by atoms with Gasteiger partial charge in [-0.2, -0.15) is 0 Å². The van der Waals surface area contributed by atoms with Crippen LogP contribution < -0.4 is 5.69 Å². The van der Waals surface area contributed by atoms with Gasteiger partial charge in [0.15, 0.2) is 0 Å². The highest BCUT2D eigenvalue weighted by Gasteiger charge is 2.23. The molecule has 0 radical (unpaired) electrons. The molecule has 1 aliphatic heterocycles. The minimum atomic E-state index is -0.0625. The van der Waals surface area contributed by atoms with Gasteiger partial charge in [0, 0.05) is 19.6 Å². The van der Waals surface area contributed by atoms with Gasteiger partial charge in [0.1, 0.15) is 6.54 Å². The van der Waals surface area contributed by atoms with Crippen molar-refractivity contribution in [3.8, 4) is 11.1 Å². The second kappa shape index (κ2) is 8.27. The Labute approximate surface area is 171 Å². The molecule has 0 N–H and O–H groups in total. The second-order valence-electron chi connectivity index (χ2n) is 7.87. The summed E-state index contributed by atoms with van der Waals surface area (Å²) in [5.74, 6) is 0.0285. The van der Waals surface area contributed by atoms with Crippen molar-refractivity contribution in [1.82, 2.24) is 14.0 Å². The average molecular weight is 392 g/mol. The molecule has 0 bridgehead atoms. The molecule has 0 saturated heterocycles. The molecule has 1 amide bonds. The summed E-state index contributed by atoms with van der Waals surface area (Å²) in [6.45, 7) is 6.47. The highest BCUT2D eigenvalue weighted by Crippen LogP contribution is 2.30. The third-order valence-corrected chi connectivity index (χ3v) is 5.76. The smallest absolute Gasteiger partial charge is 0.329 e. The maximum absolute atomic E-state index is 13.2. The third-order valence-electron chi connectivity index (χ3n) is 5.76. The fourth-order valence-corrected chi connectivity index (χ4v) is 4.45. The van der Waals surface area contributed by atoms with Crippen molar-refractivity contribution in [2.24, 2.45) is 0 Å². The van der Waals surface area contributed by atoms with Crippen LogP contribution in [0.15, 0.2) is 47.3 Å². The first-order valence-corrected chi connectivity index (χ1v) is 10.7. The van der Waals surface area contributed by atoms with E-state index in [0.717, 1.165) is 67.5 Å². The van der Waals surface area contributed by atoms with Crippen LogP contribution >= 0.6 is 0 Å². The van der Waals surface area contributed by atoms with E-state index in [2.05, 4.69) is 38.1 Å². The van der Waals surface area contributed by atoms with Crippen molar-refractivity contribution in [1.29, 1.82) is 0 Å². The standard InChI is InChI=1S/C24H29N3O2/c1-3-12-25(13-4-2)22(28)17-27-21-16-20(18-9-6-5-7-10-18)15-19-11-8-14-26(23(19)21)24(27)29/h5-7,9-10,15-16H,3-4,8,11-14,17H2,1-2H3. The van der Waals surface area contributed by atoms with Crippen LogP contribution in [-0.2, 0) is 24.3 Å². The molecule has 0 unspecified atom stereocenters. The predicted molar refractivity (Wildman–Crippen MR) is 117 cm³/mol. The number of benzene rings is 2. The van der Waals surface area contributed by atoms with Crippen molar-refractivity contribution >= 4 is 16.9 Å². The molecule has 29 heavy (non-hydrogen) atoms. The van der Waals surface area contributed by atoms with Gasteiger partial charge >= 0.3 is 5.69 Å². The van der Waals surface area contributed by atoms with Crippen molar-refractivity contribution < 1.29 is 4.79 Å². The second-order valence-corrected chi connectivity index (χ2v) is 7.87. The Morgan fingerprint density at radius 2 is 1.76 bits per heavy atom. The lowest BCUT2D eigenvalue weighted by molar-refractivity contribution is -0.131. The van der Waals surface area contributed by atoms with Crippen molar-refractivity contribution in [3.63, 3.8) is 0 Å². The molecular weight excluding hydrogens is 362 g/mol. The summed E-state index contributed by atoms with van der Waals surface area (Å²) in [7, 11) is 0. The Bertz CT molecular complexity index is 1070. The zero-order chi connectivity index (χ0) is 20.4. The lowest BCUT2D eigenvalue weighted by Gasteiger charge is -2.21. The number of hydrogen-bond acceptors (Lipinski definition) is 2. The SMILES string of the molecule is CCCN(CCC)C(=O)Cn1c(=O)n2c3c(cc(-c4ccccc4)cc31)CCC2. The summed E-state index contributed by atoms with van der Waals surface area (Å²) >= 11 is 0. The topological polar surface area (TPSA) is 47.2 Å². The van der Waals surface area contributed by atoms with E-state index in [1.54, 1.807) is 4.57 Å². The highest BCUT2D eigenvalue weighted by molar-refractivity contribution is 5.88. The van der Waals surface area contributed by atoms with Crippen LogP contribution in [0, 0.1) is 0 Å². The van der Waals surface area contributed by atoms with E-state index in [-0.39, 0.29) is 18.1 Å². The first-order valence-electron chi connectivity index (χ1n) is 10.7. The summed E-state index contributed by atoms with van der Waals surface area (Å²) in [6, 6.07) is 14.5. The lowest BCUT2D eigenvalue weighted by atomic mass is 9.97. The number of imidazole rings is 1. The lowest BCUT2D eigenvalue weighted by Crippen LogP contribution is -2.37. The maximum atomic E-state index is 13.2. The van der Waals surface area contributed by atoms with Gasteiger partial charge in [0.2, 0.25) is 5.91 Å². The van der Waals surface area contributed by atoms with Gasteiger partial charge in [-0.15, -0.1) is 0 Å². The van der Waals surface area contributed by atoms with Crippen molar-refractivity contribution in [3.05, 3.63) is 58.5 Å². The van der Waals surface area contributed by atoms with Crippen LogP contribution in [0.1, 0.15) is 38.7 Å². The van der Waals surface area contributed by atoms with E-state index in [0.29, 0.717) is 0 Å². The van der Waals surface area contributed by atoms with E-state index in [1.807, 2.05) is 27.7 Å². The Balaban J connectivity index is 1.82. The molecule has 1 aromatic heterocycles. The minimum absolute atomic E-state index is 0.0285. The van der Waals surface area contributed by atoms with E-state index in [9.17, 15) is 9.59 Å². The van der Waals surface area contributed by atoms with E-state index in [1.165, 1.54) is 5.56 Å². The summed E-state index contributed by atoms with van der Waals surface area (Å²) < 4.78 is 3.55. The Morgan fingerprint density at radius 3 is 2.45 bits per heavy atom. The monoisotopic (exact) mass is 391 g/mol. The molecule has 0 spiro atoms. The van der Waals surface area contributed by atoms with Crippen LogP contribution in [-0.4, -0.2) is 33.0 Å². The molecule has 4 rings (SSSR count). The summed E-state index contributed by atoms with van der Waals surface area (Å²) in [5, 5.41) is 0. The highest BCUT2D eigenvalue weighted by atomic mass is 16.2. The molecule has 2 heterocycles. The number of aryl methyl sites for hydroxylation is 2. The Morgan fingerprint density at radius 1 is 1.03 bits per heavy atom. The van der Waals surface area contributed by atoms with Gasteiger partial charge in [-0.1, -0.05) is 44.2 Å². The first kappa shape index (κ1) is 19.5. The molecule has 0 atom stereocenters. The molecule has 3 aromatic rings. The number of carbonyl (C=O) groups is 1. The van der Waals surface area contributed by atoms with Gasteiger partial charge < -0.3 is 4.90 Å². The minimum Gasteiger partial charge on any atom is -0.341 e. The normalized spacial score (nSPS) is 13.0. The third kappa shape index (κ3) is 3.61. The van der Waals surface area contributed by atoms with Gasteiger partial charge in [-0.05, 0) is 54.5 Å². The van der Waals surface area contributed by atoms with Crippen molar-refractivity contribution in [2.45, 2.75) is 52.6 Å². The van der Waals surface area contributed by atoms with Crippen LogP contribution in [0.5, 0.6) is 0 Å². The molecule has 0 fully saturated rings. The van der Waals surface area contributed by atoms with Crippen LogP contribution in [0.4, 0.5) is 0 Å². The number of nitrogens with zero attached hydrogens (tertiary/aromatic N) is 3. The quantitative estimate of drug-likeness (QED) is 0.610. The molecular formula is C24H29N3O2. The van der Waals surface area contributed by atoms with Gasteiger partial charge in [-0.25, -0.2) is 4.79 Å². The summed E-state index contributed by atoms with van der Waals surface area (Å²) in [4.78, 5) is 28.1. The molecule has 2 aromatic carbocycles. The van der Waals surface area contributed by atoms with Gasteiger partial charge in [-0.3, -0.25) is 13.9 Å². The molecule has 1 aliphatic rings. The molecule has 152 valence electrons. The number of hydrogen-bond donors (Lipinski definition) is 0. The van der Waals surface area contributed by atoms with Crippen LogP contribution in [0.2, 0.25) is 0 Å². The van der Waals surface area contributed by atoms with Crippen molar-refractivity contribution in [2.75, 3.05) is 13.1 Å². The van der Waals surface area contributed by atoms with Crippen LogP contribution in [0.25, 0.3) is 22.2 Å². The maximum Gasteiger partial charge on any atom is 0.329 e. The van der Waals surface area contributed by atoms with Crippen LogP contribution in [0.3, 0.4) is 0 Å². The predicted octanol–water partition coefficient (Wildman–Crippen LogP) is 4.06. The Kier molecular flexibility index (Phi) is 5.56. The summed E-state index contributed by atoms with van der Waals surface area (Å²) in [5.41, 5.74) is 5.26. The van der Waals surface area contributed by atoms with E-state index in [4.69, 9.17) is 0 Å². The molecule has 0 saturated carbocycles. The summed E-state index contributed by atoms with van der Waals surface area (Å²) in [6.07, 6.45) is 3.76. The molecule has 0 aliphatic carbocycles. The zero-order valence-electron chi connectivity index (χ0n) is 17.4. The largest absolute Gasteiger partial charge is 0.341 e. The Hall–Kier alpha value is -2.82. The number of carbonyl (C=O) groups excluding carboxylic acids is 1. The molecule has 5 heteroatoms. The van der Waals surface area contributed by atoms with E-state index < -0.39 is 0 Å². The number of amides is 1. The van der Waals surface area contributed by atoms with Gasteiger partial charge in [0.25, 0.3) is 0 Å². The average Bonchev–Trinajstić information content (AvgIpc) is 3.01.